The van der Waals surface area contributed by atoms with E-state index in [9.17, 15) is 26.4 Å². The summed E-state index contributed by atoms with van der Waals surface area (Å²) in [6.45, 7) is 3.58. The van der Waals surface area contributed by atoms with E-state index in [1.165, 1.54) is 0 Å². The summed E-state index contributed by atoms with van der Waals surface area (Å²) in [5.74, 6) is -0.000681. The molecule has 0 saturated carbocycles. The van der Waals surface area contributed by atoms with Crippen molar-refractivity contribution in [1.82, 2.24) is 24.1 Å². The summed E-state index contributed by atoms with van der Waals surface area (Å²) in [5, 5.41) is 10.8. The Kier molecular flexibility index (Phi) is 7.81. The number of carbonyl (C=O) groups is 1. The molecule has 10 nitrogen and oxygen atoms in total. The Hall–Kier alpha value is -3.52. The molecule has 0 bridgehead atoms. The number of para-hydroxylation sites is 1. The van der Waals surface area contributed by atoms with Crippen molar-refractivity contribution in [2.45, 2.75) is 63.9 Å². The fraction of sp³-hybridized carbons (Fsp3) is 0.481. The molecule has 0 radical (unpaired) electrons. The van der Waals surface area contributed by atoms with Gasteiger partial charge in [0.05, 0.1) is 11.4 Å². The third kappa shape index (κ3) is 5.42. The Morgan fingerprint density at radius 1 is 1.10 bits per heavy atom. The zero-order chi connectivity index (χ0) is 29.5. The average molecular weight is 592 g/mol. The number of hydrogen-bond donors (Lipinski definition) is 2. The van der Waals surface area contributed by atoms with Crippen LogP contribution in [0.1, 0.15) is 59.4 Å². The summed E-state index contributed by atoms with van der Waals surface area (Å²) in [4.78, 5) is 22.6. The van der Waals surface area contributed by atoms with Gasteiger partial charge in [-0.25, -0.2) is 18.4 Å². The Morgan fingerprint density at radius 3 is 2.37 bits per heavy atom. The molecule has 1 amide bonds. The van der Waals surface area contributed by atoms with E-state index in [1.807, 2.05) is 32.0 Å². The average Bonchev–Trinajstić information content (AvgIpc) is 3.29. The number of benzene rings is 1. The van der Waals surface area contributed by atoms with E-state index in [4.69, 9.17) is 4.98 Å². The first-order valence-corrected chi connectivity index (χ1v) is 15.1. The summed E-state index contributed by atoms with van der Waals surface area (Å²) < 4.78 is 64.3. The van der Waals surface area contributed by atoms with Gasteiger partial charge in [0.15, 0.2) is 5.69 Å². The van der Waals surface area contributed by atoms with Crippen molar-refractivity contribution >= 4 is 27.6 Å². The number of fused-ring (bicyclic) bond motifs is 3. The molecule has 3 aromatic rings. The summed E-state index contributed by atoms with van der Waals surface area (Å²) in [5.41, 5.74) is 0.993. The molecular formula is C27H32F3N7O3S. The second kappa shape index (κ2) is 11.0. The molecule has 0 atom stereocenters. The van der Waals surface area contributed by atoms with Crippen molar-refractivity contribution in [3.05, 3.63) is 52.3 Å². The standard InChI is InChI=1S/C27H32F3N7O3S/c1-4-16-7-6-8-17(5-2)21(16)33-25(38)23-20-10-9-18-15-31-26(34-22(18)24(20)36(3)35-23)32-19-11-13-37(14-12-19)41(39,40)27(28,29)30/h6-8,15,19H,4-5,9-14H2,1-3H3,(H,33,38)(H,31,32,34). The largest absolute Gasteiger partial charge is 0.511 e. The Bertz CT molecular complexity index is 1560. The van der Waals surface area contributed by atoms with Crippen LogP contribution < -0.4 is 10.6 Å². The smallest absolute Gasteiger partial charge is 0.351 e. The van der Waals surface area contributed by atoms with E-state index in [0.29, 0.717) is 34.2 Å². The zero-order valence-corrected chi connectivity index (χ0v) is 23.9. The highest BCUT2D eigenvalue weighted by Crippen LogP contribution is 2.35. The van der Waals surface area contributed by atoms with E-state index >= 15 is 0 Å². The van der Waals surface area contributed by atoms with Gasteiger partial charge in [-0.05, 0) is 55.2 Å². The van der Waals surface area contributed by atoms with Gasteiger partial charge in [-0.15, -0.1) is 0 Å². The number of aryl methyl sites for hydroxylation is 4. The van der Waals surface area contributed by atoms with E-state index < -0.39 is 15.5 Å². The molecule has 0 spiro atoms. The van der Waals surface area contributed by atoms with Crippen molar-refractivity contribution in [3.63, 3.8) is 0 Å². The van der Waals surface area contributed by atoms with E-state index in [1.54, 1.807) is 17.9 Å². The molecule has 2 N–H and O–H groups in total. The number of nitrogens with one attached hydrogen (secondary N) is 2. The second-order valence-corrected chi connectivity index (χ2v) is 12.2. The van der Waals surface area contributed by atoms with Crippen LogP contribution >= 0.6 is 0 Å². The molecule has 5 rings (SSSR count). The number of anilines is 2. The Balaban J connectivity index is 1.36. The lowest BCUT2D eigenvalue weighted by molar-refractivity contribution is -0.0494. The van der Waals surface area contributed by atoms with E-state index in [-0.39, 0.29) is 43.8 Å². The number of amides is 1. The summed E-state index contributed by atoms with van der Waals surface area (Å²) in [7, 11) is -3.59. The van der Waals surface area contributed by atoms with Gasteiger partial charge in [-0.1, -0.05) is 32.0 Å². The predicted molar refractivity (Wildman–Crippen MR) is 148 cm³/mol. The first kappa shape index (κ1) is 29.0. The van der Waals surface area contributed by atoms with Crippen LogP contribution in [-0.4, -0.2) is 63.0 Å². The maximum absolute atomic E-state index is 13.5. The number of nitrogens with zero attached hydrogens (tertiary/aromatic N) is 5. The van der Waals surface area contributed by atoms with Gasteiger partial charge in [0.2, 0.25) is 5.95 Å². The summed E-state index contributed by atoms with van der Waals surface area (Å²) >= 11 is 0. The molecule has 1 aliphatic heterocycles. The van der Waals surface area contributed by atoms with Crippen LogP contribution in [0.25, 0.3) is 11.4 Å². The van der Waals surface area contributed by atoms with Gasteiger partial charge < -0.3 is 10.6 Å². The molecule has 1 saturated heterocycles. The van der Waals surface area contributed by atoms with Gasteiger partial charge in [-0.2, -0.15) is 22.6 Å². The molecular weight excluding hydrogens is 559 g/mol. The highest BCUT2D eigenvalue weighted by molar-refractivity contribution is 7.90. The highest BCUT2D eigenvalue weighted by atomic mass is 32.2. The number of hydrogen-bond acceptors (Lipinski definition) is 7. The summed E-state index contributed by atoms with van der Waals surface area (Å²) in [6.07, 6.45) is 4.83. The summed E-state index contributed by atoms with van der Waals surface area (Å²) in [6, 6.07) is 5.70. The van der Waals surface area contributed by atoms with Gasteiger partial charge in [-0.3, -0.25) is 9.48 Å². The van der Waals surface area contributed by atoms with E-state index in [0.717, 1.165) is 40.8 Å². The van der Waals surface area contributed by atoms with Crippen LogP contribution in [0, 0.1) is 0 Å². The molecule has 1 fully saturated rings. The number of carbonyl (C=O) groups excluding carboxylic acids is 1. The first-order valence-electron chi connectivity index (χ1n) is 13.6. The molecule has 1 aliphatic carbocycles. The number of sulfonamides is 1. The maximum Gasteiger partial charge on any atom is 0.511 e. The number of rotatable bonds is 7. The van der Waals surface area contributed by atoms with Gasteiger partial charge in [0, 0.05) is 43.6 Å². The number of halogens is 3. The van der Waals surface area contributed by atoms with Crippen molar-refractivity contribution in [2.75, 3.05) is 23.7 Å². The Labute approximate surface area is 236 Å². The van der Waals surface area contributed by atoms with Gasteiger partial charge in [0.25, 0.3) is 5.91 Å². The van der Waals surface area contributed by atoms with Crippen LogP contribution in [0.4, 0.5) is 24.8 Å². The predicted octanol–water partition coefficient (Wildman–Crippen LogP) is 4.08. The van der Waals surface area contributed by atoms with Crippen LogP contribution in [0.3, 0.4) is 0 Å². The SMILES string of the molecule is CCc1cccc(CC)c1NC(=O)c1nn(C)c2c1CCc1cnc(NC3CCN(S(=O)(=O)C(F)(F)F)CC3)nc1-2. The monoisotopic (exact) mass is 591 g/mol. The van der Waals surface area contributed by atoms with Crippen molar-refractivity contribution in [1.29, 1.82) is 0 Å². The minimum atomic E-state index is -5.35. The topological polar surface area (TPSA) is 122 Å². The minimum Gasteiger partial charge on any atom is -0.351 e. The van der Waals surface area contributed by atoms with Crippen molar-refractivity contribution in [2.24, 2.45) is 7.05 Å². The van der Waals surface area contributed by atoms with E-state index in [2.05, 4.69) is 20.7 Å². The van der Waals surface area contributed by atoms with Crippen LogP contribution in [0.5, 0.6) is 0 Å². The fourth-order valence-corrected chi connectivity index (χ4v) is 6.54. The minimum absolute atomic E-state index is 0.177. The lowest BCUT2D eigenvalue weighted by Gasteiger charge is -2.32. The molecule has 0 unspecified atom stereocenters. The highest BCUT2D eigenvalue weighted by Gasteiger charge is 2.50. The number of aromatic nitrogens is 4. The number of piperidine rings is 1. The Morgan fingerprint density at radius 2 is 1.76 bits per heavy atom. The van der Waals surface area contributed by atoms with Crippen LogP contribution in [-0.2, 0) is 42.8 Å². The zero-order valence-electron chi connectivity index (χ0n) is 23.0. The molecule has 2 aliphatic rings. The van der Waals surface area contributed by atoms with Crippen LogP contribution in [0.15, 0.2) is 24.4 Å². The number of alkyl halides is 3. The fourth-order valence-electron chi connectivity index (χ4n) is 5.55. The molecule has 3 heterocycles. The second-order valence-electron chi connectivity index (χ2n) is 10.2. The molecule has 2 aromatic heterocycles. The molecule has 220 valence electrons. The van der Waals surface area contributed by atoms with Gasteiger partial charge >= 0.3 is 15.5 Å². The third-order valence-electron chi connectivity index (χ3n) is 7.75. The normalized spacial score (nSPS) is 16.2. The lowest BCUT2D eigenvalue weighted by atomic mass is 9.93. The maximum atomic E-state index is 13.5. The quantitative estimate of drug-likeness (QED) is 0.425. The van der Waals surface area contributed by atoms with Crippen molar-refractivity contribution in [3.8, 4) is 11.4 Å². The molecule has 1 aromatic carbocycles. The van der Waals surface area contributed by atoms with Crippen molar-refractivity contribution < 1.29 is 26.4 Å². The van der Waals surface area contributed by atoms with Gasteiger partial charge in [0.1, 0.15) is 0 Å². The molecule has 14 heteroatoms. The molecule has 41 heavy (non-hydrogen) atoms. The lowest BCUT2D eigenvalue weighted by Crippen LogP contribution is -2.47. The third-order valence-corrected chi connectivity index (χ3v) is 9.38. The van der Waals surface area contributed by atoms with Crippen LogP contribution in [0.2, 0.25) is 0 Å². The first-order chi connectivity index (χ1) is 19.4.